The van der Waals surface area contributed by atoms with E-state index < -0.39 is 5.92 Å². The zero-order valence-electron chi connectivity index (χ0n) is 14.0. The van der Waals surface area contributed by atoms with Crippen molar-refractivity contribution < 1.29 is 14.7 Å². The lowest BCUT2D eigenvalue weighted by Crippen LogP contribution is -2.32. The third kappa shape index (κ3) is 4.16. The lowest BCUT2D eigenvalue weighted by atomic mass is 9.93. The van der Waals surface area contributed by atoms with Gasteiger partial charge < -0.3 is 15.7 Å². The molecular weight excluding hydrogens is 315 g/mol. The topological polar surface area (TPSA) is 78.4 Å². The van der Waals surface area contributed by atoms with Crippen LogP contribution in [0, 0.1) is 5.92 Å². The average Bonchev–Trinajstić information content (AvgIpc) is 2.60. The molecule has 1 aliphatic rings. The Morgan fingerprint density at radius 3 is 2.76 bits per heavy atom. The number of hydrogen-bond donors (Lipinski definition) is 3. The highest BCUT2D eigenvalue weighted by Crippen LogP contribution is 2.28. The van der Waals surface area contributed by atoms with E-state index in [0.29, 0.717) is 17.8 Å². The number of amides is 2. The zero-order chi connectivity index (χ0) is 17.8. The molecule has 1 heterocycles. The Balaban J connectivity index is 1.67. The van der Waals surface area contributed by atoms with Crippen molar-refractivity contribution in [3.05, 3.63) is 59.7 Å². The van der Waals surface area contributed by atoms with Gasteiger partial charge in [0.25, 0.3) is 0 Å². The molecule has 0 fully saturated rings. The molecule has 2 amide bonds. The number of anilines is 2. The van der Waals surface area contributed by atoms with Gasteiger partial charge in [0.2, 0.25) is 11.8 Å². The van der Waals surface area contributed by atoms with Gasteiger partial charge in [0.05, 0.1) is 12.5 Å². The standard InChI is InChI=1S/C19H19BN2O3/c20-15-5-1-12(2-6-15)3-8-18(24)21-16-7-4-13-9-14(11-23)19(25)22-17(13)10-16/h1-8,10,14,23H,9,11,20H2,(H,21,24)(H,22,25)/b8-3+. The fourth-order valence-corrected chi connectivity index (χ4v) is 2.72. The second-order valence-electron chi connectivity index (χ2n) is 6.18. The fourth-order valence-electron chi connectivity index (χ4n) is 2.72. The molecule has 126 valence electrons. The van der Waals surface area contributed by atoms with E-state index in [-0.39, 0.29) is 18.4 Å². The Labute approximate surface area is 147 Å². The first-order valence-electron chi connectivity index (χ1n) is 8.15. The molecule has 0 aromatic heterocycles. The number of rotatable bonds is 4. The minimum absolute atomic E-state index is 0.173. The van der Waals surface area contributed by atoms with Gasteiger partial charge in [0.15, 0.2) is 0 Å². The van der Waals surface area contributed by atoms with Crippen molar-refractivity contribution >= 4 is 42.6 Å². The van der Waals surface area contributed by atoms with Crippen LogP contribution < -0.4 is 16.1 Å². The Kier molecular flexibility index (Phi) is 5.00. The summed E-state index contributed by atoms with van der Waals surface area (Å²) < 4.78 is 0. The van der Waals surface area contributed by atoms with Crippen molar-refractivity contribution in [2.24, 2.45) is 5.92 Å². The summed E-state index contributed by atoms with van der Waals surface area (Å²) in [5.41, 5.74) is 4.36. The molecule has 0 aliphatic carbocycles. The minimum atomic E-state index is -0.412. The summed E-state index contributed by atoms with van der Waals surface area (Å²) in [5, 5.41) is 14.8. The number of hydrogen-bond acceptors (Lipinski definition) is 3. The molecule has 6 heteroatoms. The smallest absolute Gasteiger partial charge is 0.248 e. The monoisotopic (exact) mass is 334 g/mol. The van der Waals surface area contributed by atoms with Crippen LogP contribution in [0.4, 0.5) is 11.4 Å². The van der Waals surface area contributed by atoms with E-state index >= 15 is 0 Å². The highest BCUT2D eigenvalue weighted by molar-refractivity contribution is 6.32. The molecule has 1 atom stereocenters. The van der Waals surface area contributed by atoms with Crippen molar-refractivity contribution in [2.75, 3.05) is 17.2 Å². The lowest BCUT2D eigenvalue weighted by molar-refractivity contribution is -0.121. The molecule has 0 spiro atoms. The van der Waals surface area contributed by atoms with Crippen LogP contribution in [0.5, 0.6) is 0 Å². The van der Waals surface area contributed by atoms with E-state index in [2.05, 4.69) is 10.6 Å². The third-order valence-electron chi connectivity index (χ3n) is 4.20. The summed E-state index contributed by atoms with van der Waals surface area (Å²) in [7, 11) is 2.01. The molecule has 5 nitrogen and oxygen atoms in total. The lowest BCUT2D eigenvalue weighted by Gasteiger charge is -2.23. The van der Waals surface area contributed by atoms with Crippen LogP contribution in [-0.2, 0) is 16.0 Å². The number of aliphatic hydroxyl groups excluding tert-OH is 1. The molecule has 2 aromatic rings. The molecule has 0 saturated carbocycles. The minimum Gasteiger partial charge on any atom is -0.396 e. The molecule has 2 aromatic carbocycles. The van der Waals surface area contributed by atoms with Gasteiger partial charge >= 0.3 is 0 Å². The van der Waals surface area contributed by atoms with Crippen molar-refractivity contribution in [3.8, 4) is 0 Å². The maximum Gasteiger partial charge on any atom is 0.248 e. The maximum atomic E-state index is 12.1. The highest BCUT2D eigenvalue weighted by Gasteiger charge is 2.25. The molecule has 0 bridgehead atoms. The summed E-state index contributed by atoms with van der Waals surface area (Å²) in [4.78, 5) is 23.9. The second kappa shape index (κ2) is 7.36. The number of fused-ring (bicyclic) bond motifs is 1. The van der Waals surface area contributed by atoms with Crippen molar-refractivity contribution in [1.29, 1.82) is 0 Å². The van der Waals surface area contributed by atoms with Crippen LogP contribution in [0.2, 0.25) is 0 Å². The van der Waals surface area contributed by atoms with Crippen LogP contribution in [0.15, 0.2) is 48.5 Å². The first-order chi connectivity index (χ1) is 12.0. The van der Waals surface area contributed by atoms with E-state index in [9.17, 15) is 14.7 Å². The summed E-state index contributed by atoms with van der Waals surface area (Å²) in [6.45, 7) is -0.173. The first-order valence-corrected chi connectivity index (χ1v) is 8.15. The number of carbonyl (C=O) groups is 2. The SMILES string of the molecule is Bc1ccc(/C=C/C(=O)Nc2ccc3c(c2)NC(=O)C(CO)C3)cc1. The molecule has 0 radical (unpaired) electrons. The normalized spacial score (nSPS) is 16.4. The highest BCUT2D eigenvalue weighted by atomic mass is 16.3. The Hall–Kier alpha value is -2.86. The van der Waals surface area contributed by atoms with Gasteiger partial charge in [-0.25, -0.2) is 0 Å². The van der Waals surface area contributed by atoms with Gasteiger partial charge in [-0.05, 0) is 35.8 Å². The second-order valence-corrected chi connectivity index (χ2v) is 6.18. The van der Waals surface area contributed by atoms with E-state index in [4.69, 9.17) is 0 Å². The zero-order valence-corrected chi connectivity index (χ0v) is 14.0. The molecule has 25 heavy (non-hydrogen) atoms. The van der Waals surface area contributed by atoms with Gasteiger partial charge in [0, 0.05) is 17.5 Å². The van der Waals surface area contributed by atoms with Crippen LogP contribution in [0.3, 0.4) is 0 Å². The Morgan fingerprint density at radius 2 is 2.04 bits per heavy atom. The van der Waals surface area contributed by atoms with Crippen LogP contribution >= 0.6 is 0 Å². The molecule has 1 unspecified atom stereocenters. The van der Waals surface area contributed by atoms with Gasteiger partial charge in [0.1, 0.15) is 7.85 Å². The summed E-state index contributed by atoms with van der Waals surface area (Å²) in [5.74, 6) is -0.848. The Bertz CT molecular complexity index is 831. The number of aliphatic hydroxyl groups is 1. The van der Waals surface area contributed by atoms with E-state index in [1.807, 2.05) is 38.2 Å². The quantitative estimate of drug-likeness (QED) is 0.569. The number of nitrogens with one attached hydrogen (secondary N) is 2. The molecular formula is C19H19BN2O3. The summed E-state index contributed by atoms with van der Waals surface area (Å²) in [6.07, 6.45) is 3.73. The maximum absolute atomic E-state index is 12.1. The average molecular weight is 334 g/mol. The predicted octanol–water partition coefficient (Wildman–Crippen LogP) is 0.700. The van der Waals surface area contributed by atoms with E-state index in [1.165, 1.54) is 11.5 Å². The molecule has 3 N–H and O–H groups in total. The van der Waals surface area contributed by atoms with Gasteiger partial charge in [-0.1, -0.05) is 35.8 Å². The van der Waals surface area contributed by atoms with E-state index in [1.54, 1.807) is 18.2 Å². The van der Waals surface area contributed by atoms with Crippen molar-refractivity contribution in [3.63, 3.8) is 0 Å². The van der Waals surface area contributed by atoms with Crippen LogP contribution in [0.1, 0.15) is 11.1 Å². The predicted molar refractivity (Wildman–Crippen MR) is 102 cm³/mol. The van der Waals surface area contributed by atoms with Crippen LogP contribution in [-0.4, -0.2) is 31.4 Å². The molecule has 1 aliphatic heterocycles. The summed E-state index contributed by atoms with van der Waals surface area (Å²) in [6, 6.07) is 13.3. The fraction of sp³-hybridized carbons (Fsp3) is 0.158. The summed E-state index contributed by atoms with van der Waals surface area (Å²) >= 11 is 0. The van der Waals surface area contributed by atoms with Gasteiger partial charge in [-0.2, -0.15) is 0 Å². The van der Waals surface area contributed by atoms with Crippen molar-refractivity contribution in [2.45, 2.75) is 6.42 Å². The Morgan fingerprint density at radius 1 is 1.28 bits per heavy atom. The van der Waals surface area contributed by atoms with Gasteiger partial charge in [-0.15, -0.1) is 0 Å². The largest absolute Gasteiger partial charge is 0.396 e. The first kappa shape index (κ1) is 17.0. The van der Waals surface area contributed by atoms with Crippen molar-refractivity contribution in [1.82, 2.24) is 0 Å². The molecule has 3 rings (SSSR count). The third-order valence-corrected chi connectivity index (χ3v) is 4.20. The van der Waals surface area contributed by atoms with E-state index in [0.717, 1.165) is 11.1 Å². The van der Waals surface area contributed by atoms with Gasteiger partial charge in [-0.3, -0.25) is 9.59 Å². The molecule has 0 saturated heterocycles. The number of benzene rings is 2. The number of carbonyl (C=O) groups excluding carboxylic acids is 2. The van der Waals surface area contributed by atoms with Crippen LogP contribution in [0.25, 0.3) is 6.08 Å².